The summed E-state index contributed by atoms with van der Waals surface area (Å²) in [6.07, 6.45) is 4.18. The van der Waals surface area contributed by atoms with Gasteiger partial charge in [-0.15, -0.1) is 0 Å². The Bertz CT molecular complexity index is 911. The zero-order valence-electron chi connectivity index (χ0n) is 11.7. The zero-order chi connectivity index (χ0) is 15.7. The number of aromatic nitrogens is 1. The number of nitrogens with zero attached hydrogens (tertiary/aromatic N) is 2. The molecule has 0 N–H and O–H groups in total. The fourth-order valence-corrected chi connectivity index (χ4v) is 3.09. The summed E-state index contributed by atoms with van der Waals surface area (Å²) in [6.45, 7) is 1.87. The molecule has 0 spiro atoms. The predicted octanol–water partition coefficient (Wildman–Crippen LogP) is 2.32. The van der Waals surface area contributed by atoms with Crippen molar-refractivity contribution in [3.05, 3.63) is 71.6 Å². The first-order valence-corrected chi connectivity index (χ1v) is 8.01. The lowest BCUT2D eigenvalue weighted by Crippen LogP contribution is -2.15. The molecule has 3 rings (SSSR count). The van der Waals surface area contributed by atoms with E-state index >= 15 is 0 Å². The van der Waals surface area contributed by atoms with Gasteiger partial charge in [0.25, 0.3) is 10.0 Å². The van der Waals surface area contributed by atoms with Crippen LogP contribution in [0, 0.1) is 6.92 Å². The van der Waals surface area contributed by atoms with Crippen LogP contribution in [0.4, 0.5) is 0 Å². The minimum Gasteiger partial charge on any atom is -0.289 e. The fraction of sp³-hybridized carbons (Fsp3) is 0.0625. The van der Waals surface area contributed by atoms with Crippen LogP contribution in [-0.2, 0) is 10.0 Å². The van der Waals surface area contributed by atoms with Gasteiger partial charge in [0, 0.05) is 11.8 Å². The molecule has 0 unspecified atom stereocenters. The summed E-state index contributed by atoms with van der Waals surface area (Å²) in [5.74, 6) is -0.213. The average molecular weight is 312 g/mol. The maximum absolute atomic E-state index is 12.4. The highest BCUT2D eigenvalue weighted by molar-refractivity contribution is 7.90. The molecule has 0 atom stereocenters. The van der Waals surface area contributed by atoms with Gasteiger partial charge < -0.3 is 0 Å². The molecule has 0 radical (unpaired) electrons. The summed E-state index contributed by atoms with van der Waals surface area (Å²) in [5, 5.41) is 0. The zero-order valence-corrected chi connectivity index (χ0v) is 12.5. The summed E-state index contributed by atoms with van der Waals surface area (Å²) >= 11 is 0. The first-order valence-electron chi connectivity index (χ1n) is 6.57. The smallest absolute Gasteiger partial charge is 0.282 e. The van der Waals surface area contributed by atoms with E-state index in [-0.39, 0.29) is 22.1 Å². The molecule has 0 amide bonds. The number of pyridine rings is 1. The predicted molar refractivity (Wildman–Crippen MR) is 82.6 cm³/mol. The van der Waals surface area contributed by atoms with E-state index in [0.717, 1.165) is 5.56 Å². The number of hydrogen-bond donors (Lipinski definition) is 0. The third-order valence-electron chi connectivity index (χ3n) is 3.25. The Hall–Kier alpha value is -2.60. The molecule has 1 aliphatic rings. The van der Waals surface area contributed by atoms with Crippen LogP contribution in [0.2, 0.25) is 0 Å². The molecule has 22 heavy (non-hydrogen) atoms. The Kier molecular flexibility index (Phi) is 3.46. The highest BCUT2D eigenvalue weighted by Crippen LogP contribution is 2.19. The van der Waals surface area contributed by atoms with E-state index in [1.165, 1.54) is 30.5 Å². The molecular weight excluding hydrogens is 300 g/mol. The largest absolute Gasteiger partial charge is 0.289 e. The number of carbonyl (C=O) groups is 1. The summed E-state index contributed by atoms with van der Waals surface area (Å²) in [5.41, 5.74) is 1.76. The lowest BCUT2D eigenvalue weighted by molar-refractivity contribution is 0.104. The van der Waals surface area contributed by atoms with E-state index in [1.54, 1.807) is 24.3 Å². The van der Waals surface area contributed by atoms with Crippen molar-refractivity contribution in [1.29, 1.82) is 0 Å². The van der Waals surface area contributed by atoms with Crippen molar-refractivity contribution >= 4 is 21.5 Å². The molecular formula is C16H12N2O3S. The number of fused-ring (bicyclic) bond motifs is 1. The minimum absolute atomic E-state index is 0.105. The van der Waals surface area contributed by atoms with Crippen molar-refractivity contribution in [2.24, 2.45) is 4.40 Å². The van der Waals surface area contributed by atoms with Gasteiger partial charge in [-0.05, 0) is 43.3 Å². The Morgan fingerprint density at radius 1 is 1.05 bits per heavy atom. The number of ketones is 1. The minimum atomic E-state index is -3.85. The van der Waals surface area contributed by atoms with E-state index in [9.17, 15) is 13.2 Å². The summed E-state index contributed by atoms with van der Waals surface area (Å²) in [4.78, 5) is 16.0. The van der Waals surface area contributed by atoms with E-state index < -0.39 is 10.0 Å². The van der Waals surface area contributed by atoms with Gasteiger partial charge in [-0.25, -0.2) is 0 Å². The Balaban J connectivity index is 2.10. The molecule has 110 valence electrons. The molecule has 1 aliphatic carbocycles. The van der Waals surface area contributed by atoms with Crippen molar-refractivity contribution in [2.75, 3.05) is 0 Å². The summed E-state index contributed by atoms with van der Waals surface area (Å²) in [6, 6.07) is 9.65. The normalized spacial score (nSPS) is 15.9. The van der Waals surface area contributed by atoms with E-state index in [4.69, 9.17) is 0 Å². The third kappa shape index (κ3) is 2.60. The molecule has 0 bridgehead atoms. The van der Waals surface area contributed by atoms with Gasteiger partial charge in [0.2, 0.25) is 0 Å². The van der Waals surface area contributed by atoms with Crippen LogP contribution in [0.25, 0.3) is 0 Å². The van der Waals surface area contributed by atoms with Gasteiger partial charge in [-0.2, -0.15) is 12.8 Å². The van der Waals surface area contributed by atoms with Gasteiger partial charge in [0.1, 0.15) is 11.4 Å². The molecule has 5 nitrogen and oxygen atoms in total. The van der Waals surface area contributed by atoms with Crippen LogP contribution in [0.1, 0.15) is 21.6 Å². The molecule has 0 saturated heterocycles. The van der Waals surface area contributed by atoms with Gasteiger partial charge in [-0.1, -0.05) is 17.7 Å². The van der Waals surface area contributed by atoms with E-state index in [0.29, 0.717) is 5.56 Å². The SMILES string of the molecule is Cc1ccc(S(=O)(=O)N=C2C=CC(=O)c3cccnc32)cc1. The second kappa shape index (κ2) is 5.31. The fourth-order valence-electron chi connectivity index (χ4n) is 2.10. The van der Waals surface area contributed by atoms with Crippen molar-refractivity contribution in [1.82, 2.24) is 4.98 Å². The Morgan fingerprint density at radius 3 is 2.50 bits per heavy atom. The Labute approximate surface area is 128 Å². The van der Waals surface area contributed by atoms with Gasteiger partial charge in [0.05, 0.1) is 4.90 Å². The summed E-state index contributed by atoms with van der Waals surface area (Å²) in [7, 11) is -3.85. The number of allylic oxidation sites excluding steroid dienone is 2. The third-order valence-corrected chi connectivity index (χ3v) is 4.55. The van der Waals surface area contributed by atoms with Crippen LogP contribution in [0.5, 0.6) is 0 Å². The van der Waals surface area contributed by atoms with Crippen LogP contribution in [0.3, 0.4) is 0 Å². The number of carbonyl (C=O) groups excluding carboxylic acids is 1. The lowest BCUT2D eigenvalue weighted by atomic mass is 10.00. The number of benzene rings is 1. The lowest BCUT2D eigenvalue weighted by Gasteiger charge is -2.10. The highest BCUT2D eigenvalue weighted by Gasteiger charge is 2.21. The number of aryl methyl sites for hydroxylation is 1. The molecule has 0 fully saturated rings. The standard InChI is InChI=1S/C16H12N2O3S/c1-11-4-6-12(7-5-11)22(20,21)18-14-8-9-15(19)13-3-2-10-17-16(13)14/h2-10H,1H3. The Morgan fingerprint density at radius 2 is 1.77 bits per heavy atom. The maximum atomic E-state index is 12.4. The molecule has 6 heteroatoms. The molecule has 1 heterocycles. The number of sulfonamides is 1. The first-order chi connectivity index (χ1) is 10.5. The molecule has 0 aliphatic heterocycles. The molecule has 1 aromatic heterocycles. The number of rotatable bonds is 2. The number of hydrogen-bond acceptors (Lipinski definition) is 4. The second-order valence-corrected chi connectivity index (χ2v) is 6.47. The topological polar surface area (TPSA) is 76.5 Å². The van der Waals surface area contributed by atoms with Crippen LogP contribution in [0.15, 0.2) is 64.0 Å². The first kappa shape index (κ1) is 14.3. The average Bonchev–Trinajstić information content (AvgIpc) is 2.51. The van der Waals surface area contributed by atoms with Crippen molar-refractivity contribution in [2.45, 2.75) is 11.8 Å². The van der Waals surface area contributed by atoms with Crippen LogP contribution >= 0.6 is 0 Å². The van der Waals surface area contributed by atoms with Crippen molar-refractivity contribution < 1.29 is 13.2 Å². The molecule has 2 aromatic rings. The quantitative estimate of drug-likeness (QED) is 0.852. The maximum Gasteiger partial charge on any atom is 0.282 e. The molecule has 0 saturated carbocycles. The van der Waals surface area contributed by atoms with Crippen LogP contribution < -0.4 is 0 Å². The second-order valence-electron chi connectivity index (χ2n) is 4.86. The van der Waals surface area contributed by atoms with E-state index in [1.807, 2.05) is 6.92 Å². The van der Waals surface area contributed by atoms with Gasteiger partial charge in [0.15, 0.2) is 5.78 Å². The monoisotopic (exact) mass is 312 g/mol. The van der Waals surface area contributed by atoms with Gasteiger partial charge >= 0.3 is 0 Å². The summed E-state index contributed by atoms with van der Waals surface area (Å²) < 4.78 is 28.6. The van der Waals surface area contributed by atoms with Crippen molar-refractivity contribution in [3.8, 4) is 0 Å². The molecule has 1 aromatic carbocycles. The highest BCUT2D eigenvalue weighted by atomic mass is 32.2. The van der Waals surface area contributed by atoms with Crippen molar-refractivity contribution in [3.63, 3.8) is 0 Å². The van der Waals surface area contributed by atoms with Gasteiger partial charge in [-0.3, -0.25) is 9.78 Å². The van der Waals surface area contributed by atoms with Crippen LogP contribution in [-0.4, -0.2) is 24.9 Å². The van der Waals surface area contributed by atoms with E-state index in [2.05, 4.69) is 9.38 Å².